The first-order valence-electron chi connectivity index (χ1n) is 11.0. The molecular formula is C24H33N3O5S. The molecule has 1 heterocycles. The molecule has 0 spiro atoms. The molecule has 1 amide bonds. The number of hydrogen-bond acceptors (Lipinski definition) is 6. The molecule has 0 aliphatic carbocycles. The van der Waals surface area contributed by atoms with Gasteiger partial charge in [-0.3, -0.25) is 4.79 Å². The van der Waals surface area contributed by atoms with E-state index in [4.69, 9.17) is 9.47 Å². The molecule has 1 aliphatic heterocycles. The Bertz CT molecular complexity index is 1050. The van der Waals surface area contributed by atoms with Gasteiger partial charge in [-0.05, 0) is 74.8 Å². The van der Waals surface area contributed by atoms with Gasteiger partial charge >= 0.3 is 0 Å². The minimum Gasteiger partial charge on any atom is -0.497 e. The maximum absolute atomic E-state index is 12.9. The van der Waals surface area contributed by atoms with Crippen molar-refractivity contribution in [3.63, 3.8) is 0 Å². The lowest BCUT2D eigenvalue weighted by Crippen LogP contribution is -2.35. The van der Waals surface area contributed by atoms with E-state index in [1.807, 2.05) is 12.1 Å². The third-order valence-corrected chi connectivity index (χ3v) is 7.85. The highest BCUT2D eigenvalue weighted by Gasteiger charge is 2.23. The zero-order valence-electron chi connectivity index (χ0n) is 19.7. The van der Waals surface area contributed by atoms with Crippen LogP contribution in [0.15, 0.2) is 47.4 Å². The Morgan fingerprint density at radius 3 is 2.36 bits per heavy atom. The maximum Gasteiger partial charge on any atom is 0.243 e. The van der Waals surface area contributed by atoms with Gasteiger partial charge in [0, 0.05) is 38.8 Å². The second-order valence-electron chi connectivity index (χ2n) is 8.40. The summed E-state index contributed by atoms with van der Waals surface area (Å²) in [7, 11) is 1.41. The number of nitrogens with zero attached hydrogens (tertiary/aromatic N) is 2. The van der Waals surface area contributed by atoms with E-state index >= 15 is 0 Å². The normalized spacial score (nSPS) is 15.4. The molecule has 33 heavy (non-hydrogen) atoms. The SMILES string of the molecule is COc1ccc(S(=O)(=O)N(C)CCC(=O)Nc2ccc(OC3CCN(C)CC3)cc2)c(C)c1. The molecule has 9 heteroatoms. The van der Waals surface area contributed by atoms with Gasteiger partial charge in [-0.2, -0.15) is 0 Å². The monoisotopic (exact) mass is 475 g/mol. The molecule has 180 valence electrons. The smallest absolute Gasteiger partial charge is 0.243 e. The van der Waals surface area contributed by atoms with Crippen molar-refractivity contribution in [1.29, 1.82) is 0 Å². The van der Waals surface area contributed by atoms with Crippen LogP contribution in [0, 0.1) is 6.92 Å². The van der Waals surface area contributed by atoms with Crippen molar-refractivity contribution < 1.29 is 22.7 Å². The van der Waals surface area contributed by atoms with Crippen LogP contribution in [0.3, 0.4) is 0 Å². The molecule has 0 saturated carbocycles. The van der Waals surface area contributed by atoms with Crippen molar-refractivity contribution in [3.8, 4) is 11.5 Å². The van der Waals surface area contributed by atoms with Crippen LogP contribution < -0.4 is 14.8 Å². The van der Waals surface area contributed by atoms with Crippen LogP contribution >= 0.6 is 0 Å². The van der Waals surface area contributed by atoms with E-state index in [1.165, 1.54) is 24.5 Å². The van der Waals surface area contributed by atoms with Crippen LogP contribution in [0.1, 0.15) is 24.8 Å². The number of likely N-dealkylation sites (tertiary alicyclic amines) is 1. The minimum atomic E-state index is -3.71. The lowest BCUT2D eigenvalue weighted by Gasteiger charge is -2.29. The van der Waals surface area contributed by atoms with Crippen LogP contribution in [0.4, 0.5) is 5.69 Å². The zero-order valence-corrected chi connectivity index (χ0v) is 20.5. The van der Waals surface area contributed by atoms with Crippen molar-refractivity contribution in [2.75, 3.05) is 46.2 Å². The molecule has 0 aromatic heterocycles. The minimum absolute atomic E-state index is 0.0405. The first-order valence-corrected chi connectivity index (χ1v) is 12.5. The highest BCUT2D eigenvalue weighted by Crippen LogP contribution is 2.24. The van der Waals surface area contributed by atoms with Gasteiger partial charge < -0.3 is 19.7 Å². The largest absolute Gasteiger partial charge is 0.497 e. The van der Waals surface area contributed by atoms with Crippen LogP contribution in [0.5, 0.6) is 11.5 Å². The Morgan fingerprint density at radius 2 is 1.76 bits per heavy atom. The van der Waals surface area contributed by atoms with Gasteiger partial charge in [0.05, 0.1) is 12.0 Å². The zero-order chi connectivity index (χ0) is 24.0. The van der Waals surface area contributed by atoms with E-state index in [2.05, 4.69) is 17.3 Å². The number of benzene rings is 2. The van der Waals surface area contributed by atoms with Gasteiger partial charge in [-0.25, -0.2) is 12.7 Å². The number of nitrogens with one attached hydrogen (secondary N) is 1. The summed E-state index contributed by atoms with van der Waals surface area (Å²) in [6, 6.07) is 12.1. The van der Waals surface area contributed by atoms with Crippen molar-refractivity contribution in [2.45, 2.75) is 37.2 Å². The van der Waals surface area contributed by atoms with Crippen molar-refractivity contribution >= 4 is 21.6 Å². The number of piperidine rings is 1. The van der Waals surface area contributed by atoms with Crippen molar-refractivity contribution in [1.82, 2.24) is 9.21 Å². The third kappa shape index (κ3) is 6.69. The lowest BCUT2D eigenvalue weighted by molar-refractivity contribution is -0.116. The Kier molecular flexibility index (Phi) is 8.34. The molecule has 1 fully saturated rings. The number of anilines is 1. The van der Waals surface area contributed by atoms with Gasteiger partial charge in [-0.1, -0.05) is 0 Å². The average molecular weight is 476 g/mol. The van der Waals surface area contributed by atoms with Crippen LogP contribution in [0.2, 0.25) is 0 Å². The predicted octanol–water partition coefficient (Wildman–Crippen LogP) is 3.13. The number of amides is 1. The summed E-state index contributed by atoms with van der Waals surface area (Å²) >= 11 is 0. The number of hydrogen-bond donors (Lipinski definition) is 1. The summed E-state index contributed by atoms with van der Waals surface area (Å²) in [5.74, 6) is 1.12. The first-order chi connectivity index (χ1) is 15.7. The van der Waals surface area contributed by atoms with Gasteiger partial charge in [-0.15, -0.1) is 0 Å². The molecule has 0 atom stereocenters. The number of carbonyl (C=O) groups excluding carboxylic acids is 1. The first kappa shape index (κ1) is 25.0. The molecule has 1 N–H and O–H groups in total. The Balaban J connectivity index is 1.50. The van der Waals surface area contributed by atoms with E-state index in [0.717, 1.165) is 31.7 Å². The highest BCUT2D eigenvalue weighted by atomic mass is 32.2. The number of rotatable bonds is 9. The highest BCUT2D eigenvalue weighted by molar-refractivity contribution is 7.89. The van der Waals surface area contributed by atoms with E-state index in [9.17, 15) is 13.2 Å². The summed E-state index contributed by atoms with van der Waals surface area (Å²) in [5, 5.41) is 2.81. The Labute approximate surface area is 196 Å². The number of aryl methyl sites for hydroxylation is 1. The lowest BCUT2D eigenvalue weighted by atomic mass is 10.1. The van der Waals surface area contributed by atoms with Crippen LogP contribution in [0.25, 0.3) is 0 Å². The molecule has 3 rings (SSSR count). The van der Waals surface area contributed by atoms with E-state index in [0.29, 0.717) is 17.0 Å². The summed E-state index contributed by atoms with van der Waals surface area (Å²) in [5.41, 5.74) is 1.24. The van der Waals surface area contributed by atoms with Gasteiger partial charge in [0.1, 0.15) is 17.6 Å². The van der Waals surface area contributed by atoms with Crippen molar-refractivity contribution in [3.05, 3.63) is 48.0 Å². The summed E-state index contributed by atoms with van der Waals surface area (Å²) in [6.45, 7) is 3.84. The van der Waals surface area contributed by atoms with Crippen molar-refractivity contribution in [2.24, 2.45) is 0 Å². The van der Waals surface area contributed by atoms with Gasteiger partial charge in [0.2, 0.25) is 15.9 Å². The van der Waals surface area contributed by atoms with E-state index < -0.39 is 10.0 Å². The number of ether oxygens (including phenoxy) is 2. The number of methoxy groups -OCH3 is 1. The molecule has 1 saturated heterocycles. The van der Waals surface area contributed by atoms with Gasteiger partial charge in [0.25, 0.3) is 0 Å². The topological polar surface area (TPSA) is 88.2 Å². The number of carbonyl (C=O) groups is 1. The summed E-state index contributed by atoms with van der Waals surface area (Å²) in [4.78, 5) is 14.9. The fraction of sp³-hybridized carbons (Fsp3) is 0.458. The van der Waals surface area contributed by atoms with E-state index in [1.54, 1.807) is 31.2 Å². The molecule has 0 radical (unpaired) electrons. The molecule has 0 unspecified atom stereocenters. The van der Waals surface area contributed by atoms with Crippen LogP contribution in [-0.2, 0) is 14.8 Å². The second kappa shape index (κ2) is 11.0. The van der Waals surface area contributed by atoms with E-state index in [-0.39, 0.29) is 29.9 Å². The summed E-state index contributed by atoms with van der Waals surface area (Å²) in [6.07, 6.45) is 2.26. The molecule has 0 bridgehead atoms. The fourth-order valence-electron chi connectivity index (χ4n) is 3.72. The molecule has 8 nitrogen and oxygen atoms in total. The Hall–Kier alpha value is -2.62. The quantitative estimate of drug-likeness (QED) is 0.600. The van der Waals surface area contributed by atoms with Gasteiger partial charge in [0.15, 0.2) is 0 Å². The third-order valence-electron chi connectivity index (χ3n) is 5.83. The standard InChI is InChI=1S/C24H33N3O5S/c1-18-17-22(31-4)9-10-23(18)33(29,30)27(3)16-13-24(28)25-19-5-7-20(8-6-19)32-21-11-14-26(2)15-12-21/h5-10,17,21H,11-16H2,1-4H3,(H,25,28). The number of sulfonamides is 1. The summed E-state index contributed by atoms with van der Waals surface area (Å²) < 4.78 is 38.1. The fourth-order valence-corrected chi connectivity index (χ4v) is 5.09. The average Bonchev–Trinajstić information content (AvgIpc) is 2.80. The Morgan fingerprint density at radius 1 is 1.12 bits per heavy atom. The van der Waals surface area contributed by atoms with Crippen LogP contribution in [-0.4, -0.2) is 70.5 Å². The molecule has 2 aromatic rings. The molecule has 1 aliphatic rings. The maximum atomic E-state index is 12.9. The molecular weight excluding hydrogens is 442 g/mol. The molecule has 2 aromatic carbocycles. The predicted molar refractivity (Wildman–Crippen MR) is 128 cm³/mol. The second-order valence-corrected chi connectivity index (χ2v) is 10.4.